The van der Waals surface area contributed by atoms with Gasteiger partial charge in [0.25, 0.3) is 0 Å². The lowest BCUT2D eigenvalue weighted by molar-refractivity contribution is -0.136. The van der Waals surface area contributed by atoms with Gasteiger partial charge in [-0.15, -0.1) is 0 Å². The molecule has 0 bridgehead atoms. The van der Waals surface area contributed by atoms with Crippen molar-refractivity contribution in [1.29, 1.82) is 0 Å². The molecule has 0 saturated heterocycles. The Kier molecular flexibility index (Phi) is 8.46. The van der Waals surface area contributed by atoms with Gasteiger partial charge >= 0.3 is 5.97 Å². The molecule has 0 aliphatic heterocycles. The lowest BCUT2D eigenvalue weighted by Gasteiger charge is -2.13. The van der Waals surface area contributed by atoms with Crippen molar-refractivity contribution in [1.82, 2.24) is 5.48 Å². The molecule has 0 aliphatic rings. The Balaban J connectivity index is 1.48. The van der Waals surface area contributed by atoms with E-state index in [2.05, 4.69) is 60.9 Å². The summed E-state index contributed by atoms with van der Waals surface area (Å²) in [4.78, 5) is 16.4. The van der Waals surface area contributed by atoms with Crippen LogP contribution >= 0.6 is 0 Å². The van der Waals surface area contributed by atoms with Gasteiger partial charge in [-0.25, -0.2) is 0 Å². The monoisotopic (exact) mass is 431 g/mol. The van der Waals surface area contributed by atoms with Gasteiger partial charge in [0.15, 0.2) is 0 Å². The van der Waals surface area contributed by atoms with Crippen molar-refractivity contribution in [2.75, 3.05) is 13.2 Å². The zero-order valence-corrected chi connectivity index (χ0v) is 18.5. The Bertz CT molecular complexity index is 1040. The van der Waals surface area contributed by atoms with Crippen LogP contribution in [0.5, 0.6) is 5.75 Å². The summed E-state index contributed by atoms with van der Waals surface area (Å²) in [5.74, 6) is -0.239. The third kappa shape index (κ3) is 6.72. The Morgan fingerprint density at radius 1 is 0.938 bits per heavy atom. The van der Waals surface area contributed by atoms with Gasteiger partial charge in [-0.05, 0) is 53.3 Å². The number of benzene rings is 3. The van der Waals surface area contributed by atoms with Crippen LogP contribution in [-0.2, 0) is 22.5 Å². The van der Waals surface area contributed by atoms with Crippen LogP contribution < -0.4 is 10.2 Å². The highest BCUT2D eigenvalue weighted by Crippen LogP contribution is 2.22. The minimum atomic E-state index is -0.865. The summed E-state index contributed by atoms with van der Waals surface area (Å²) in [6.45, 7) is 4.78. The van der Waals surface area contributed by atoms with Crippen molar-refractivity contribution in [2.45, 2.75) is 26.7 Å². The molecule has 0 spiro atoms. The third-order valence-corrected chi connectivity index (χ3v) is 5.07. The summed E-state index contributed by atoms with van der Waals surface area (Å²) in [5.41, 5.74) is 9.30. The predicted octanol–water partition coefficient (Wildman–Crippen LogP) is 5.50. The van der Waals surface area contributed by atoms with Crippen molar-refractivity contribution in [3.8, 4) is 16.9 Å². The first-order chi connectivity index (χ1) is 15.6. The van der Waals surface area contributed by atoms with Gasteiger partial charge < -0.3 is 9.84 Å². The largest absolute Gasteiger partial charge is 0.491 e. The van der Waals surface area contributed by atoms with E-state index >= 15 is 0 Å². The van der Waals surface area contributed by atoms with E-state index in [0.717, 1.165) is 17.7 Å². The van der Waals surface area contributed by atoms with E-state index in [-0.39, 0.29) is 6.42 Å². The fourth-order valence-corrected chi connectivity index (χ4v) is 3.31. The van der Waals surface area contributed by atoms with Crippen molar-refractivity contribution < 1.29 is 19.5 Å². The molecule has 0 saturated carbocycles. The fourth-order valence-electron chi connectivity index (χ4n) is 3.31. The molecule has 3 aromatic rings. The SMILES string of the molecule is CC=C(NOCCOc1cccc(CC(=O)O)c1)c1ccc(-c2ccc(CC)cc2)cc1. The van der Waals surface area contributed by atoms with Crippen LogP contribution in [0, 0.1) is 0 Å². The average Bonchev–Trinajstić information content (AvgIpc) is 2.81. The van der Waals surface area contributed by atoms with Crippen molar-refractivity contribution in [3.05, 3.63) is 95.6 Å². The number of carboxylic acids is 1. The zero-order chi connectivity index (χ0) is 22.8. The number of aliphatic carboxylic acids is 1. The van der Waals surface area contributed by atoms with Crippen LogP contribution in [0.15, 0.2) is 78.9 Å². The minimum absolute atomic E-state index is 0.0250. The van der Waals surface area contributed by atoms with Crippen LogP contribution in [0.2, 0.25) is 0 Å². The molecule has 0 unspecified atom stereocenters. The maximum atomic E-state index is 10.8. The Morgan fingerprint density at radius 2 is 1.62 bits per heavy atom. The van der Waals surface area contributed by atoms with Gasteiger partial charge in [0.05, 0.1) is 12.1 Å². The van der Waals surface area contributed by atoms with Gasteiger partial charge in [0.1, 0.15) is 19.0 Å². The van der Waals surface area contributed by atoms with Crippen LogP contribution in [0.4, 0.5) is 0 Å². The van der Waals surface area contributed by atoms with E-state index in [0.29, 0.717) is 24.5 Å². The Labute approximate surface area is 189 Å². The molecule has 32 heavy (non-hydrogen) atoms. The van der Waals surface area contributed by atoms with Gasteiger partial charge in [0, 0.05) is 0 Å². The first-order valence-corrected chi connectivity index (χ1v) is 10.8. The topological polar surface area (TPSA) is 67.8 Å². The highest BCUT2D eigenvalue weighted by molar-refractivity contribution is 5.70. The molecule has 5 heteroatoms. The molecule has 3 aromatic carbocycles. The van der Waals surface area contributed by atoms with Gasteiger partial charge in [-0.1, -0.05) is 73.7 Å². The molecule has 0 aromatic heterocycles. The van der Waals surface area contributed by atoms with E-state index in [4.69, 9.17) is 14.7 Å². The Morgan fingerprint density at radius 3 is 2.25 bits per heavy atom. The summed E-state index contributed by atoms with van der Waals surface area (Å²) in [7, 11) is 0. The number of hydrogen-bond acceptors (Lipinski definition) is 4. The number of carbonyl (C=O) groups is 1. The van der Waals surface area contributed by atoms with Crippen molar-refractivity contribution in [2.24, 2.45) is 0 Å². The summed E-state index contributed by atoms with van der Waals surface area (Å²) >= 11 is 0. The second-order valence-electron chi connectivity index (χ2n) is 7.35. The van der Waals surface area contributed by atoms with Crippen LogP contribution in [0.3, 0.4) is 0 Å². The number of allylic oxidation sites excluding steroid dienone is 1. The molecule has 2 N–H and O–H groups in total. The third-order valence-electron chi connectivity index (χ3n) is 5.07. The molecule has 0 amide bonds. The van der Waals surface area contributed by atoms with Crippen LogP contribution in [0.25, 0.3) is 16.8 Å². The van der Waals surface area contributed by atoms with E-state index in [1.54, 1.807) is 24.3 Å². The van der Waals surface area contributed by atoms with E-state index in [9.17, 15) is 4.79 Å². The summed E-state index contributed by atoms with van der Waals surface area (Å²) in [5, 5.41) is 8.89. The zero-order valence-electron chi connectivity index (χ0n) is 18.5. The maximum absolute atomic E-state index is 10.8. The van der Waals surface area contributed by atoms with E-state index in [1.807, 2.05) is 13.0 Å². The normalized spacial score (nSPS) is 11.2. The number of nitrogens with one attached hydrogen (secondary N) is 1. The predicted molar refractivity (Wildman–Crippen MR) is 127 cm³/mol. The van der Waals surface area contributed by atoms with Crippen molar-refractivity contribution in [3.63, 3.8) is 0 Å². The lowest BCUT2D eigenvalue weighted by Crippen LogP contribution is -2.17. The van der Waals surface area contributed by atoms with E-state index in [1.165, 1.54) is 16.7 Å². The second-order valence-corrected chi connectivity index (χ2v) is 7.35. The highest BCUT2D eigenvalue weighted by Gasteiger charge is 2.04. The standard InChI is InChI=1S/C27H29NO4/c1-3-20-8-10-22(11-9-20)23-12-14-24(15-13-23)26(4-2)28-32-17-16-31-25-7-5-6-21(18-25)19-27(29)30/h4-15,18,28H,3,16-17,19H2,1-2H3,(H,29,30). The average molecular weight is 432 g/mol. The summed E-state index contributed by atoms with van der Waals surface area (Å²) < 4.78 is 5.65. The summed E-state index contributed by atoms with van der Waals surface area (Å²) in [6.07, 6.45) is 2.97. The first-order valence-electron chi connectivity index (χ1n) is 10.8. The number of aryl methyl sites for hydroxylation is 1. The molecule has 0 radical (unpaired) electrons. The highest BCUT2D eigenvalue weighted by atomic mass is 16.7. The second kappa shape index (κ2) is 11.7. The molecule has 3 rings (SSSR count). The molecule has 0 heterocycles. The maximum Gasteiger partial charge on any atom is 0.307 e. The van der Waals surface area contributed by atoms with E-state index < -0.39 is 5.97 Å². The first kappa shape index (κ1) is 23.1. The van der Waals surface area contributed by atoms with Gasteiger partial charge in [-0.2, -0.15) is 0 Å². The smallest absolute Gasteiger partial charge is 0.307 e. The minimum Gasteiger partial charge on any atom is -0.491 e. The molecule has 0 fully saturated rings. The van der Waals surface area contributed by atoms with Crippen molar-refractivity contribution >= 4 is 11.7 Å². The number of hydroxylamine groups is 1. The quantitative estimate of drug-likeness (QED) is 0.310. The number of rotatable bonds is 11. The molecule has 0 atom stereocenters. The molecular formula is C27H29NO4. The van der Waals surface area contributed by atoms with Crippen LogP contribution in [0.1, 0.15) is 30.5 Å². The molecule has 5 nitrogen and oxygen atoms in total. The van der Waals surface area contributed by atoms with Gasteiger partial charge in [0.2, 0.25) is 0 Å². The molecule has 0 aliphatic carbocycles. The van der Waals surface area contributed by atoms with Gasteiger partial charge in [-0.3, -0.25) is 15.1 Å². The Hall–Kier alpha value is -3.57. The number of carboxylic acid groups (broad SMARTS) is 1. The van der Waals surface area contributed by atoms with Crippen LogP contribution in [-0.4, -0.2) is 24.3 Å². The summed E-state index contributed by atoms with van der Waals surface area (Å²) in [6, 6.07) is 24.1. The molecule has 166 valence electrons. The molecular weight excluding hydrogens is 402 g/mol. The fraction of sp³-hybridized carbons (Fsp3) is 0.222. The number of ether oxygens (including phenoxy) is 1. The lowest BCUT2D eigenvalue weighted by atomic mass is 10.0. The number of hydrogen-bond donors (Lipinski definition) is 2.